The van der Waals surface area contributed by atoms with Crippen molar-refractivity contribution in [3.05, 3.63) is 105 Å². The average Bonchev–Trinajstić information content (AvgIpc) is 3.00. The fraction of sp³-hybridized carbons (Fsp3) is 0.500. The Labute approximate surface area is 272 Å². The molecule has 43 heavy (non-hydrogen) atoms. The van der Waals surface area contributed by atoms with Gasteiger partial charge in [-0.15, -0.1) is 0 Å². The Balaban J connectivity index is -0.000000525. The van der Waals surface area contributed by atoms with Gasteiger partial charge in [-0.1, -0.05) is 148 Å². The molecule has 2 nitrogen and oxygen atoms in total. The lowest BCUT2D eigenvalue weighted by atomic mass is 9.94. The van der Waals surface area contributed by atoms with Crippen LogP contribution in [0.3, 0.4) is 0 Å². The number of alkyl halides is 2. The van der Waals surface area contributed by atoms with Crippen molar-refractivity contribution < 1.29 is 13.6 Å². The number of benzene rings is 3. The number of aryl methyl sites for hydroxylation is 2. The highest BCUT2D eigenvalue weighted by Gasteiger charge is 2.40. The van der Waals surface area contributed by atoms with Crippen molar-refractivity contribution in [1.82, 2.24) is 5.32 Å². The van der Waals surface area contributed by atoms with E-state index in [4.69, 9.17) is 0 Å². The minimum atomic E-state index is -3.47. The molecule has 1 amide bonds. The molecule has 0 bridgehead atoms. The number of carbonyl (C=O) groups is 1. The first-order chi connectivity index (χ1) is 20.2. The molecular weight excluding hydrogens is 604 g/mol. The Morgan fingerprint density at radius 3 is 1.40 bits per heavy atom. The van der Waals surface area contributed by atoms with E-state index in [9.17, 15) is 13.6 Å². The number of nitrogens with one attached hydrogen (secondary N) is 1. The van der Waals surface area contributed by atoms with Gasteiger partial charge in [0.1, 0.15) is 0 Å². The summed E-state index contributed by atoms with van der Waals surface area (Å²) in [5.41, 5.74) is 6.25. The van der Waals surface area contributed by atoms with Crippen LogP contribution in [0.15, 0.2) is 71.2 Å². The second-order valence-corrected chi connectivity index (χ2v) is 11.0. The topological polar surface area (TPSA) is 29.1 Å². The molecule has 0 radical (unpaired) electrons. The third kappa shape index (κ3) is 16.8. The van der Waals surface area contributed by atoms with Crippen LogP contribution in [0.1, 0.15) is 134 Å². The molecule has 0 aliphatic rings. The zero-order chi connectivity index (χ0) is 34.3. The SMILES string of the molecule is CC.CC.CC.CC(C)c1cccc(Br)c1.CNC(=O)C(F)(F)c1cccc(C(C)C)c1.Cc1cccc(C)c1C(C)C. The van der Waals surface area contributed by atoms with Crippen molar-refractivity contribution in [1.29, 1.82) is 0 Å². The third-order valence-corrected chi connectivity index (χ3v) is 6.56. The highest BCUT2D eigenvalue weighted by atomic mass is 79.9. The van der Waals surface area contributed by atoms with Gasteiger partial charge in [0.05, 0.1) is 0 Å². The van der Waals surface area contributed by atoms with Crippen LogP contribution in [0.2, 0.25) is 0 Å². The molecule has 0 fully saturated rings. The smallest absolute Gasteiger partial charge is 0.349 e. The van der Waals surface area contributed by atoms with E-state index in [0.717, 1.165) is 5.56 Å². The quantitative estimate of drug-likeness (QED) is 0.289. The van der Waals surface area contributed by atoms with E-state index in [-0.39, 0.29) is 11.5 Å². The fourth-order valence-electron chi connectivity index (χ4n) is 3.98. The van der Waals surface area contributed by atoms with E-state index >= 15 is 0 Å². The van der Waals surface area contributed by atoms with Gasteiger partial charge in [-0.05, 0) is 77.6 Å². The van der Waals surface area contributed by atoms with E-state index in [2.05, 4.69) is 93.9 Å². The monoisotopic (exact) mass is 663 g/mol. The molecule has 0 saturated carbocycles. The number of rotatable bonds is 5. The summed E-state index contributed by atoms with van der Waals surface area (Å²) in [6, 6.07) is 20.9. The summed E-state index contributed by atoms with van der Waals surface area (Å²) in [4.78, 5) is 11.1. The number of halogens is 3. The van der Waals surface area contributed by atoms with E-state index in [1.165, 1.54) is 45.9 Å². The third-order valence-electron chi connectivity index (χ3n) is 6.06. The molecule has 5 heteroatoms. The Kier molecular flexibility index (Phi) is 26.0. The summed E-state index contributed by atoms with van der Waals surface area (Å²) in [5.74, 6) is -3.33. The van der Waals surface area contributed by atoms with Crippen molar-refractivity contribution in [3.63, 3.8) is 0 Å². The maximum Gasteiger partial charge on any atom is 0.349 e. The lowest BCUT2D eigenvalue weighted by Gasteiger charge is -2.16. The van der Waals surface area contributed by atoms with E-state index in [1.807, 2.05) is 66.8 Å². The molecule has 244 valence electrons. The number of carbonyl (C=O) groups excluding carboxylic acids is 1. The van der Waals surface area contributed by atoms with Gasteiger partial charge in [0.2, 0.25) is 0 Å². The van der Waals surface area contributed by atoms with Gasteiger partial charge in [-0.2, -0.15) is 8.78 Å². The minimum absolute atomic E-state index is 0.153. The summed E-state index contributed by atoms with van der Waals surface area (Å²) < 4.78 is 28.3. The van der Waals surface area contributed by atoms with Crippen molar-refractivity contribution >= 4 is 21.8 Å². The van der Waals surface area contributed by atoms with Gasteiger partial charge in [0.25, 0.3) is 5.91 Å². The molecule has 3 aromatic carbocycles. The maximum atomic E-state index is 13.6. The zero-order valence-electron chi connectivity index (χ0n) is 29.6. The van der Waals surface area contributed by atoms with Crippen molar-refractivity contribution in [2.24, 2.45) is 0 Å². The second kappa shape index (κ2) is 24.9. The van der Waals surface area contributed by atoms with Crippen molar-refractivity contribution in [3.8, 4) is 0 Å². The zero-order valence-corrected chi connectivity index (χ0v) is 31.2. The fourth-order valence-corrected chi connectivity index (χ4v) is 4.40. The number of likely N-dealkylation sites (N-methyl/N-ethyl adjacent to an activating group) is 1. The molecule has 0 saturated heterocycles. The molecule has 0 atom stereocenters. The highest BCUT2D eigenvalue weighted by Crippen LogP contribution is 2.30. The van der Waals surface area contributed by atoms with Crippen LogP contribution in [0, 0.1) is 13.8 Å². The predicted molar refractivity (Wildman–Crippen MR) is 191 cm³/mol. The Bertz CT molecular complexity index is 1120. The molecule has 1 N–H and O–H groups in total. The summed E-state index contributed by atoms with van der Waals surface area (Å²) in [5, 5.41) is 1.96. The van der Waals surface area contributed by atoms with Crippen LogP contribution in [-0.4, -0.2) is 13.0 Å². The number of amides is 1. The summed E-state index contributed by atoms with van der Waals surface area (Å²) in [6.07, 6.45) is 0. The van der Waals surface area contributed by atoms with Gasteiger partial charge < -0.3 is 5.32 Å². The lowest BCUT2D eigenvalue weighted by molar-refractivity contribution is -0.146. The molecule has 0 heterocycles. The van der Waals surface area contributed by atoms with Gasteiger partial charge in [0.15, 0.2) is 0 Å². The molecule has 0 aliphatic carbocycles. The standard InChI is InChI=1S/C12H15F2NO.C11H16.C9H11Br.3C2H6/c1-8(2)9-5-4-6-10(7-9)12(13,14)11(16)15-3;1-8(2)11-9(3)6-5-7-10(11)4;1-7(2)8-4-3-5-9(10)6-8;3*1-2/h4-8H,1-3H3,(H,15,16);5-8H,1-4H3;3-7H,1-2H3;3*1-2H3. The maximum absolute atomic E-state index is 13.6. The Morgan fingerprint density at radius 1 is 0.674 bits per heavy atom. The van der Waals surface area contributed by atoms with Crippen LogP contribution in [0.5, 0.6) is 0 Å². The normalized spacial score (nSPS) is 9.88. The first-order valence-corrected chi connectivity index (χ1v) is 16.5. The lowest BCUT2D eigenvalue weighted by Crippen LogP contribution is -2.35. The highest BCUT2D eigenvalue weighted by molar-refractivity contribution is 9.10. The van der Waals surface area contributed by atoms with Crippen LogP contribution in [-0.2, 0) is 10.7 Å². The van der Waals surface area contributed by atoms with Gasteiger partial charge >= 0.3 is 5.92 Å². The van der Waals surface area contributed by atoms with Crippen molar-refractivity contribution in [2.75, 3.05) is 7.05 Å². The molecule has 0 aromatic heterocycles. The van der Waals surface area contributed by atoms with Gasteiger partial charge in [-0.3, -0.25) is 4.79 Å². The second-order valence-electron chi connectivity index (χ2n) is 10.1. The van der Waals surface area contributed by atoms with E-state index in [1.54, 1.807) is 12.1 Å². The summed E-state index contributed by atoms with van der Waals surface area (Å²) in [7, 11) is 1.20. The predicted octanol–water partition coefficient (Wildman–Crippen LogP) is 12.7. The molecule has 0 aliphatic heterocycles. The number of hydrogen-bond acceptors (Lipinski definition) is 1. The van der Waals surface area contributed by atoms with Crippen molar-refractivity contribution in [2.45, 2.75) is 121 Å². The average molecular weight is 665 g/mol. The molecule has 0 unspecified atom stereocenters. The number of hydrogen-bond donors (Lipinski definition) is 1. The van der Waals surface area contributed by atoms with Gasteiger partial charge in [-0.25, -0.2) is 0 Å². The first kappa shape index (κ1) is 44.9. The molecule has 0 spiro atoms. The van der Waals surface area contributed by atoms with E-state index in [0.29, 0.717) is 11.8 Å². The van der Waals surface area contributed by atoms with Crippen LogP contribution in [0.4, 0.5) is 8.78 Å². The summed E-state index contributed by atoms with van der Waals surface area (Å²) >= 11 is 3.43. The van der Waals surface area contributed by atoms with Crippen LogP contribution < -0.4 is 5.32 Å². The van der Waals surface area contributed by atoms with Crippen LogP contribution in [0.25, 0.3) is 0 Å². The largest absolute Gasteiger partial charge is 0.354 e. The summed E-state index contributed by atoms with van der Waals surface area (Å²) in [6.45, 7) is 29.1. The van der Waals surface area contributed by atoms with E-state index < -0.39 is 11.8 Å². The van der Waals surface area contributed by atoms with Gasteiger partial charge in [0, 0.05) is 17.1 Å². The molecule has 3 aromatic rings. The molecular formula is C38H60BrF2NO. The first-order valence-electron chi connectivity index (χ1n) is 15.7. The van der Waals surface area contributed by atoms with Crippen LogP contribution >= 0.6 is 15.9 Å². The Morgan fingerprint density at radius 2 is 1.07 bits per heavy atom. The minimum Gasteiger partial charge on any atom is -0.354 e. The Hall–Kier alpha value is -2.53. The molecule has 3 rings (SSSR count).